The van der Waals surface area contributed by atoms with Crippen LogP contribution in [-0.4, -0.2) is 38.3 Å². The average Bonchev–Trinajstić information content (AvgIpc) is 3.09. The second kappa shape index (κ2) is 7.62. The van der Waals surface area contributed by atoms with Gasteiger partial charge in [-0.2, -0.15) is 0 Å². The molecule has 5 heteroatoms. The summed E-state index contributed by atoms with van der Waals surface area (Å²) >= 11 is 1.47. The highest BCUT2D eigenvalue weighted by molar-refractivity contribution is 7.12. The Bertz CT molecular complexity index is 381. The highest BCUT2D eigenvalue weighted by atomic mass is 32.1. The van der Waals surface area contributed by atoms with E-state index in [4.69, 9.17) is 4.74 Å². The summed E-state index contributed by atoms with van der Waals surface area (Å²) in [4.78, 5) is 12.5. The highest BCUT2D eigenvalue weighted by Crippen LogP contribution is 2.16. The summed E-state index contributed by atoms with van der Waals surface area (Å²) in [6, 6.07) is 4.23. The molecule has 2 atom stereocenters. The van der Waals surface area contributed by atoms with E-state index in [1.165, 1.54) is 11.3 Å². The van der Waals surface area contributed by atoms with Crippen molar-refractivity contribution in [2.45, 2.75) is 25.8 Å². The number of rotatable bonds is 7. The molecule has 1 saturated heterocycles. The average molecular weight is 282 g/mol. The first kappa shape index (κ1) is 14.5. The van der Waals surface area contributed by atoms with Gasteiger partial charge in [-0.05, 0) is 36.8 Å². The van der Waals surface area contributed by atoms with Gasteiger partial charge in [0.15, 0.2) is 0 Å². The van der Waals surface area contributed by atoms with Gasteiger partial charge in [-0.3, -0.25) is 4.79 Å². The highest BCUT2D eigenvalue weighted by Gasteiger charge is 2.25. The standard InChI is InChI=1S/C14H22N2O2S/c1-2-11-9-18-10-12(11)15-6-4-7-16-14(17)13-5-3-8-19-13/h3,5,8,11-12,15H,2,4,6-7,9-10H2,1H3,(H,16,17). The van der Waals surface area contributed by atoms with Crippen molar-refractivity contribution < 1.29 is 9.53 Å². The van der Waals surface area contributed by atoms with E-state index in [1.807, 2.05) is 17.5 Å². The first-order valence-electron chi connectivity index (χ1n) is 6.94. The Balaban J connectivity index is 1.56. The first-order chi connectivity index (χ1) is 9.31. The van der Waals surface area contributed by atoms with Crippen molar-refractivity contribution in [2.24, 2.45) is 5.92 Å². The van der Waals surface area contributed by atoms with Crippen molar-refractivity contribution in [1.82, 2.24) is 10.6 Å². The molecule has 19 heavy (non-hydrogen) atoms. The van der Waals surface area contributed by atoms with Crippen LogP contribution in [0.4, 0.5) is 0 Å². The van der Waals surface area contributed by atoms with Crippen LogP contribution in [0, 0.1) is 5.92 Å². The van der Waals surface area contributed by atoms with Crippen LogP contribution in [0.3, 0.4) is 0 Å². The van der Waals surface area contributed by atoms with Crippen molar-refractivity contribution in [2.75, 3.05) is 26.3 Å². The smallest absolute Gasteiger partial charge is 0.261 e. The van der Waals surface area contributed by atoms with Crippen LogP contribution in [-0.2, 0) is 4.74 Å². The molecule has 1 aromatic heterocycles. The lowest BCUT2D eigenvalue weighted by atomic mass is 10.0. The predicted octanol–water partition coefficient (Wildman–Crippen LogP) is 1.88. The minimum Gasteiger partial charge on any atom is -0.379 e. The van der Waals surface area contributed by atoms with Crippen LogP contribution >= 0.6 is 11.3 Å². The van der Waals surface area contributed by atoms with Gasteiger partial charge < -0.3 is 15.4 Å². The van der Waals surface area contributed by atoms with Crippen LogP contribution in [0.1, 0.15) is 29.4 Å². The van der Waals surface area contributed by atoms with E-state index in [0.717, 1.165) is 37.5 Å². The molecule has 0 aromatic carbocycles. The number of carbonyl (C=O) groups is 1. The van der Waals surface area contributed by atoms with E-state index in [0.29, 0.717) is 18.5 Å². The maximum absolute atomic E-state index is 11.7. The van der Waals surface area contributed by atoms with Crippen molar-refractivity contribution in [3.63, 3.8) is 0 Å². The molecule has 2 rings (SSSR count). The number of nitrogens with one attached hydrogen (secondary N) is 2. The summed E-state index contributed by atoms with van der Waals surface area (Å²) in [5, 5.41) is 8.37. The lowest BCUT2D eigenvalue weighted by Crippen LogP contribution is -2.37. The lowest BCUT2D eigenvalue weighted by molar-refractivity contribution is 0.0957. The predicted molar refractivity (Wildman–Crippen MR) is 77.7 cm³/mol. The Morgan fingerprint density at radius 1 is 1.47 bits per heavy atom. The number of amides is 1. The van der Waals surface area contributed by atoms with E-state index in [-0.39, 0.29) is 5.91 Å². The van der Waals surface area contributed by atoms with Crippen LogP contribution < -0.4 is 10.6 Å². The number of hydrogen-bond acceptors (Lipinski definition) is 4. The number of carbonyl (C=O) groups excluding carboxylic acids is 1. The maximum Gasteiger partial charge on any atom is 0.261 e. The zero-order valence-corrected chi connectivity index (χ0v) is 12.2. The SMILES string of the molecule is CCC1COCC1NCCCNC(=O)c1cccs1. The number of thiophene rings is 1. The van der Waals surface area contributed by atoms with Crippen LogP contribution in [0.25, 0.3) is 0 Å². The molecule has 0 saturated carbocycles. The van der Waals surface area contributed by atoms with Gasteiger partial charge in [-0.15, -0.1) is 11.3 Å². The van der Waals surface area contributed by atoms with E-state index >= 15 is 0 Å². The molecule has 0 radical (unpaired) electrons. The summed E-state index contributed by atoms with van der Waals surface area (Å²) in [5.74, 6) is 0.673. The Kier molecular flexibility index (Phi) is 5.82. The Labute approximate surface area is 118 Å². The van der Waals surface area contributed by atoms with Gasteiger partial charge in [0.2, 0.25) is 0 Å². The van der Waals surface area contributed by atoms with Gasteiger partial charge in [0.1, 0.15) is 0 Å². The molecule has 1 aliphatic heterocycles. The largest absolute Gasteiger partial charge is 0.379 e. The normalized spacial score (nSPS) is 22.6. The molecule has 2 unspecified atom stereocenters. The monoisotopic (exact) mass is 282 g/mol. The van der Waals surface area contributed by atoms with Gasteiger partial charge in [-0.25, -0.2) is 0 Å². The third-order valence-electron chi connectivity index (χ3n) is 3.51. The zero-order chi connectivity index (χ0) is 13.5. The van der Waals surface area contributed by atoms with Crippen LogP contribution in [0.15, 0.2) is 17.5 Å². The molecular weight excluding hydrogens is 260 g/mol. The molecule has 0 bridgehead atoms. The fraction of sp³-hybridized carbons (Fsp3) is 0.643. The topological polar surface area (TPSA) is 50.4 Å². The summed E-state index contributed by atoms with van der Waals surface area (Å²) in [5.41, 5.74) is 0. The summed E-state index contributed by atoms with van der Waals surface area (Å²) in [7, 11) is 0. The minimum atomic E-state index is 0.0330. The fourth-order valence-electron chi connectivity index (χ4n) is 2.30. The molecule has 1 amide bonds. The van der Waals surface area contributed by atoms with Crippen molar-refractivity contribution in [3.05, 3.63) is 22.4 Å². The van der Waals surface area contributed by atoms with E-state index in [2.05, 4.69) is 17.6 Å². The van der Waals surface area contributed by atoms with E-state index in [1.54, 1.807) is 0 Å². The van der Waals surface area contributed by atoms with Gasteiger partial charge in [0.25, 0.3) is 5.91 Å². The summed E-state index contributed by atoms with van der Waals surface area (Å²) < 4.78 is 5.47. The zero-order valence-electron chi connectivity index (χ0n) is 11.4. The van der Waals surface area contributed by atoms with Gasteiger partial charge >= 0.3 is 0 Å². The van der Waals surface area contributed by atoms with Crippen molar-refractivity contribution >= 4 is 17.2 Å². The second-order valence-corrected chi connectivity index (χ2v) is 5.80. The minimum absolute atomic E-state index is 0.0330. The Morgan fingerprint density at radius 3 is 3.11 bits per heavy atom. The molecule has 1 fully saturated rings. The third-order valence-corrected chi connectivity index (χ3v) is 4.38. The van der Waals surface area contributed by atoms with Gasteiger partial charge in [0.05, 0.1) is 18.1 Å². The number of ether oxygens (including phenoxy) is 1. The molecular formula is C14H22N2O2S. The van der Waals surface area contributed by atoms with Gasteiger partial charge in [0, 0.05) is 12.6 Å². The maximum atomic E-state index is 11.7. The molecule has 0 spiro atoms. The Morgan fingerprint density at radius 2 is 2.37 bits per heavy atom. The molecule has 0 aliphatic carbocycles. The van der Waals surface area contributed by atoms with Crippen molar-refractivity contribution in [1.29, 1.82) is 0 Å². The lowest BCUT2D eigenvalue weighted by Gasteiger charge is -2.17. The molecule has 1 aromatic rings. The molecule has 1 aliphatic rings. The molecule has 106 valence electrons. The molecule has 2 N–H and O–H groups in total. The molecule has 2 heterocycles. The fourth-order valence-corrected chi connectivity index (χ4v) is 2.94. The van der Waals surface area contributed by atoms with Gasteiger partial charge in [-0.1, -0.05) is 13.0 Å². The van der Waals surface area contributed by atoms with E-state index in [9.17, 15) is 4.79 Å². The summed E-state index contributed by atoms with van der Waals surface area (Å²) in [6.07, 6.45) is 2.11. The van der Waals surface area contributed by atoms with Crippen LogP contribution in [0.5, 0.6) is 0 Å². The van der Waals surface area contributed by atoms with E-state index < -0.39 is 0 Å². The third kappa shape index (κ3) is 4.30. The quantitative estimate of drug-likeness (QED) is 0.751. The van der Waals surface area contributed by atoms with Crippen LogP contribution in [0.2, 0.25) is 0 Å². The van der Waals surface area contributed by atoms with Crippen molar-refractivity contribution in [3.8, 4) is 0 Å². The molecule has 4 nitrogen and oxygen atoms in total. The summed E-state index contributed by atoms with van der Waals surface area (Å²) in [6.45, 7) is 5.54. The first-order valence-corrected chi connectivity index (χ1v) is 7.82. The Hall–Kier alpha value is -0.910. The second-order valence-electron chi connectivity index (χ2n) is 4.85. The number of hydrogen-bond donors (Lipinski definition) is 2.